The van der Waals surface area contributed by atoms with Crippen molar-refractivity contribution in [3.8, 4) is 0 Å². The summed E-state index contributed by atoms with van der Waals surface area (Å²) in [5.41, 5.74) is 0. The Morgan fingerprint density at radius 1 is 1.82 bits per heavy atom. The molecule has 0 saturated carbocycles. The third-order valence-electron chi connectivity index (χ3n) is 1.45. The van der Waals surface area contributed by atoms with Gasteiger partial charge in [0.15, 0.2) is 0 Å². The Bertz CT molecular complexity index is 256. The maximum Gasteiger partial charge on any atom is 0.221 e. The van der Waals surface area contributed by atoms with E-state index in [-0.39, 0.29) is 11.5 Å². The van der Waals surface area contributed by atoms with E-state index in [1.165, 1.54) is 0 Å². The summed E-state index contributed by atoms with van der Waals surface area (Å²) in [4.78, 5) is 13.6. The molecule has 0 saturated heterocycles. The van der Waals surface area contributed by atoms with Crippen LogP contribution in [-0.2, 0) is 6.54 Å². The number of aromatic nitrogens is 2. The molecule has 0 radical (unpaired) electrons. The van der Waals surface area contributed by atoms with Gasteiger partial charge in [-0.15, -0.1) is 0 Å². The lowest BCUT2D eigenvalue weighted by molar-refractivity contribution is -0.481. The van der Waals surface area contributed by atoms with E-state index >= 15 is 0 Å². The Morgan fingerprint density at radius 3 is 3.00 bits per heavy atom. The highest BCUT2D eigenvalue weighted by atomic mass is 16.6. The van der Waals surface area contributed by atoms with Gasteiger partial charge in [-0.2, -0.15) is 0 Å². The van der Waals surface area contributed by atoms with Crippen molar-refractivity contribution < 1.29 is 4.92 Å². The summed E-state index contributed by atoms with van der Waals surface area (Å²) in [5.74, 6) is 0.812. The predicted molar refractivity (Wildman–Crippen MR) is 38.8 cm³/mol. The quantitative estimate of drug-likeness (QED) is 0.470. The van der Waals surface area contributed by atoms with Crippen molar-refractivity contribution in [3.63, 3.8) is 0 Å². The number of hydrogen-bond donors (Lipinski definition) is 0. The molecule has 11 heavy (non-hydrogen) atoms. The largest absolute Gasteiger partial charge is 0.329 e. The van der Waals surface area contributed by atoms with Gasteiger partial charge in [0.2, 0.25) is 6.54 Å². The fourth-order valence-corrected chi connectivity index (χ4v) is 0.829. The number of nitro groups is 1. The Morgan fingerprint density at radius 2 is 2.55 bits per heavy atom. The first kappa shape index (κ1) is 7.71. The highest BCUT2D eigenvalue weighted by Gasteiger charge is 2.00. The molecule has 5 heteroatoms. The van der Waals surface area contributed by atoms with Crippen LogP contribution in [0.5, 0.6) is 0 Å². The van der Waals surface area contributed by atoms with Crippen LogP contribution >= 0.6 is 0 Å². The second-order valence-electron chi connectivity index (χ2n) is 2.22. The topological polar surface area (TPSA) is 61.0 Å². The van der Waals surface area contributed by atoms with Crippen LogP contribution in [0.4, 0.5) is 0 Å². The normalized spacial score (nSPS) is 9.91. The predicted octanol–water partition coefficient (Wildman–Crippen LogP) is 0.468. The average molecular weight is 155 g/mol. The second-order valence-corrected chi connectivity index (χ2v) is 2.22. The van der Waals surface area contributed by atoms with E-state index in [9.17, 15) is 10.1 Å². The van der Waals surface area contributed by atoms with E-state index < -0.39 is 0 Å². The fraction of sp³-hybridized carbons (Fsp3) is 0.500. The maximum atomic E-state index is 9.98. The Kier molecular flexibility index (Phi) is 2.20. The van der Waals surface area contributed by atoms with E-state index in [0.29, 0.717) is 6.54 Å². The summed E-state index contributed by atoms with van der Waals surface area (Å²) < 4.78 is 1.75. The molecule has 0 spiro atoms. The van der Waals surface area contributed by atoms with E-state index in [4.69, 9.17) is 0 Å². The molecule has 0 atom stereocenters. The van der Waals surface area contributed by atoms with Crippen LogP contribution in [0.1, 0.15) is 5.82 Å². The molecular formula is C6H9N3O2. The van der Waals surface area contributed by atoms with E-state index in [2.05, 4.69) is 4.98 Å². The number of nitrogens with zero attached hydrogens (tertiary/aromatic N) is 3. The van der Waals surface area contributed by atoms with E-state index in [0.717, 1.165) is 5.82 Å². The fourth-order valence-electron chi connectivity index (χ4n) is 0.829. The van der Waals surface area contributed by atoms with Gasteiger partial charge in [0, 0.05) is 17.3 Å². The summed E-state index contributed by atoms with van der Waals surface area (Å²) >= 11 is 0. The maximum absolute atomic E-state index is 9.98. The second kappa shape index (κ2) is 3.14. The molecule has 1 rings (SSSR count). The molecule has 0 N–H and O–H groups in total. The number of hydrogen-bond acceptors (Lipinski definition) is 3. The highest BCUT2D eigenvalue weighted by Crippen LogP contribution is 1.93. The van der Waals surface area contributed by atoms with Crippen LogP contribution < -0.4 is 0 Å². The van der Waals surface area contributed by atoms with E-state index in [1.807, 2.05) is 6.92 Å². The molecule has 0 aliphatic heterocycles. The SMILES string of the molecule is Cc1nccn1CC[N+](=O)[O-]. The molecule has 0 aromatic carbocycles. The van der Waals surface area contributed by atoms with Crippen LogP contribution in [0.3, 0.4) is 0 Å². The van der Waals surface area contributed by atoms with Gasteiger partial charge in [0.05, 0.1) is 6.54 Å². The van der Waals surface area contributed by atoms with Crippen molar-refractivity contribution in [1.82, 2.24) is 9.55 Å². The molecule has 0 unspecified atom stereocenters. The molecule has 1 aromatic rings. The lowest BCUT2D eigenvalue weighted by atomic mass is 10.6. The number of imidazole rings is 1. The van der Waals surface area contributed by atoms with Gasteiger partial charge in [-0.25, -0.2) is 4.98 Å². The molecule has 1 heterocycles. The van der Waals surface area contributed by atoms with Crippen molar-refractivity contribution in [1.29, 1.82) is 0 Å². The minimum atomic E-state index is -0.334. The third kappa shape index (κ3) is 2.03. The first-order valence-electron chi connectivity index (χ1n) is 3.29. The van der Waals surface area contributed by atoms with Gasteiger partial charge in [-0.05, 0) is 6.92 Å². The molecule has 1 aromatic heterocycles. The number of aryl methyl sites for hydroxylation is 1. The van der Waals surface area contributed by atoms with Gasteiger partial charge in [-0.1, -0.05) is 0 Å². The smallest absolute Gasteiger partial charge is 0.221 e. The van der Waals surface area contributed by atoms with Gasteiger partial charge < -0.3 is 4.57 Å². The summed E-state index contributed by atoms with van der Waals surface area (Å²) in [6.07, 6.45) is 3.37. The molecule has 0 aliphatic carbocycles. The first-order chi connectivity index (χ1) is 5.20. The van der Waals surface area contributed by atoms with Crippen LogP contribution in [0, 0.1) is 17.0 Å². The summed E-state index contributed by atoms with van der Waals surface area (Å²) in [7, 11) is 0. The van der Waals surface area contributed by atoms with Crippen LogP contribution in [0.2, 0.25) is 0 Å². The monoisotopic (exact) mass is 155 g/mol. The Labute approximate surface area is 63.8 Å². The lowest BCUT2D eigenvalue weighted by Gasteiger charge is -1.98. The van der Waals surface area contributed by atoms with Crippen LogP contribution in [-0.4, -0.2) is 21.0 Å². The molecule has 5 nitrogen and oxygen atoms in total. The molecular weight excluding hydrogens is 146 g/mol. The minimum absolute atomic E-state index is 0.0444. The molecule has 0 aliphatic rings. The zero-order chi connectivity index (χ0) is 8.27. The summed E-state index contributed by atoms with van der Waals surface area (Å²) in [5, 5.41) is 9.98. The number of rotatable bonds is 3. The molecule has 0 fully saturated rings. The third-order valence-corrected chi connectivity index (χ3v) is 1.45. The highest BCUT2D eigenvalue weighted by molar-refractivity contribution is 4.87. The Balaban J connectivity index is 2.51. The minimum Gasteiger partial charge on any atom is -0.329 e. The standard InChI is InChI=1S/C6H9N3O2/c1-6-7-2-3-8(6)4-5-9(10)11/h2-3H,4-5H2,1H3. The summed E-state index contributed by atoms with van der Waals surface area (Å²) in [6, 6.07) is 0. The van der Waals surface area contributed by atoms with Gasteiger partial charge in [0.25, 0.3) is 0 Å². The zero-order valence-corrected chi connectivity index (χ0v) is 6.23. The van der Waals surface area contributed by atoms with Crippen molar-refractivity contribution >= 4 is 0 Å². The van der Waals surface area contributed by atoms with Crippen LogP contribution in [0.15, 0.2) is 12.4 Å². The first-order valence-corrected chi connectivity index (χ1v) is 3.29. The van der Waals surface area contributed by atoms with Gasteiger partial charge in [-0.3, -0.25) is 10.1 Å². The van der Waals surface area contributed by atoms with Crippen molar-refractivity contribution in [2.24, 2.45) is 0 Å². The molecule has 0 bridgehead atoms. The van der Waals surface area contributed by atoms with Gasteiger partial charge >= 0.3 is 0 Å². The Hall–Kier alpha value is -1.39. The average Bonchev–Trinajstić information content (AvgIpc) is 2.31. The van der Waals surface area contributed by atoms with Crippen LogP contribution in [0.25, 0.3) is 0 Å². The zero-order valence-electron chi connectivity index (χ0n) is 6.23. The van der Waals surface area contributed by atoms with Crippen molar-refractivity contribution in [3.05, 3.63) is 28.3 Å². The van der Waals surface area contributed by atoms with Gasteiger partial charge in [0.1, 0.15) is 5.82 Å². The lowest BCUT2D eigenvalue weighted by Crippen LogP contribution is -2.10. The molecule has 0 amide bonds. The summed E-state index contributed by atoms with van der Waals surface area (Å²) in [6.45, 7) is 2.18. The van der Waals surface area contributed by atoms with E-state index in [1.54, 1.807) is 17.0 Å². The molecule has 60 valence electrons. The van der Waals surface area contributed by atoms with Crippen molar-refractivity contribution in [2.45, 2.75) is 13.5 Å². The van der Waals surface area contributed by atoms with Crippen molar-refractivity contribution in [2.75, 3.05) is 6.54 Å².